The lowest BCUT2D eigenvalue weighted by atomic mass is 10.2. The molecule has 0 saturated heterocycles. The monoisotopic (exact) mass is 346 g/mol. The number of ether oxygens (including phenoxy) is 1. The number of aryl methyl sites for hydroxylation is 1. The van der Waals surface area contributed by atoms with Crippen LogP contribution in [0.3, 0.4) is 0 Å². The van der Waals surface area contributed by atoms with Gasteiger partial charge in [-0.15, -0.1) is 0 Å². The van der Waals surface area contributed by atoms with Gasteiger partial charge in [-0.3, -0.25) is 0 Å². The average molecular weight is 347 g/mol. The SMILES string of the molecule is COc1cc(C)ccc1OS(=O)(=O)c1cc(Cl)cc(Cl)c1. The molecule has 2 rings (SSSR count). The first kappa shape index (κ1) is 15.9. The van der Waals surface area contributed by atoms with Gasteiger partial charge in [-0.05, 0) is 42.8 Å². The Bertz CT molecular complexity index is 752. The normalized spacial score (nSPS) is 11.2. The Kier molecular flexibility index (Phi) is 4.66. The van der Waals surface area contributed by atoms with Crippen molar-refractivity contribution in [3.63, 3.8) is 0 Å². The topological polar surface area (TPSA) is 52.6 Å². The van der Waals surface area contributed by atoms with Crippen LogP contribution in [0.15, 0.2) is 41.3 Å². The van der Waals surface area contributed by atoms with Crippen LogP contribution in [0.4, 0.5) is 0 Å². The molecule has 4 nitrogen and oxygen atoms in total. The number of methoxy groups -OCH3 is 1. The van der Waals surface area contributed by atoms with Gasteiger partial charge in [0.25, 0.3) is 0 Å². The van der Waals surface area contributed by atoms with Gasteiger partial charge in [-0.25, -0.2) is 0 Å². The lowest BCUT2D eigenvalue weighted by Crippen LogP contribution is -2.10. The average Bonchev–Trinajstić information content (AvgIpc) is 2.39. The minimum Gasteiger partial charge on any atom is -0.493 e. The number of rotatable bonds is 4. The van der Waals surface area contributed by atoms with E-state index in [0.29, 0.717) is 5.75 Å². The summed E-state index contributed by atoms with van der Waals surface area (Å²) in [7, 11) is -2.62. The molecule has 0 saturated carbocycles. The van der Waals surface area contributed by atoms with E-state index >= 15 is 0 Å². The molecule has 0 atom stereocenters. The van der Waals surface area contributed by atoms with Crippen molar-refractivity contribution in [3.05, 3.63) is 52.0 Å². The van der Waals surface area contributed by atoms with Crippen molar-refractivity contribution in [1.82, 2.24) is 0 Å². The van der Waals surface area contributed by atoms with E-state index < -0.39 is 10.1 Å². The minimum absolute atomic E-state index is 0.0965. The molecule has 0 aromatic heterocycles. The van der Waals surface area contributed by atoms with Crippen LogP contribution in [-0.2, 0) is 10.1 Å². The highest BCUT2D eigenvalue weighted by atomic mass is 35.5. The highest BCUT2D eigenvalue weighted by Gasteiger charge is 2.20. The maximum absolute atomic E-state index is 12.3. The Balaban J connectivity index is 2.42. The van der Waals surface area contributed by atoms with E-state index in [2.05, 4.69) is 0 Å². The van der Waals surface area contributed by atoms with Gasteiger partial charge >= 0.3 is 10.1 Å². The summed E-state index contributed by atoms with van der Waals surface area (Å²) >= 11 is 11.6. The third-order valence-electron chi connectivity index (χ3n) is 2.64. The lowest BCUT2D eigenvalue weighted by Gasteiger charge is -2.11. The van der Waals surface area contributed by atoms with Crippen LogP contribution >= 0.6 is 23.2 Å². The van der Waals surface area contributed by atoms with E-state index in [4.69, 9.17) is 32.1 Å². The van der Waals surface area contributed by atoms with Crippen LogP contribution < -0.4 is 8.92 Å². The first-order chi connectivity index (χ1) is 9.81. The van der Waals surface area contributed by atoms with Gasteiger partial charge in [0.1, 0.15) is 4.90 Å². The second-order valence-electron chi connectivity index (χ2n) is 4.30. The summed E-state index contributed by atoms with van der Waals surface area (Å²) in [5.74, 6) is 0.422. The maximum atomic E-state index is 12.3. The zero-order valence-corrected chi connectivity index (χ0v) is 13.6. The minimum atomic E-state index is -4.05. The van der Waals surface area contributed by atoms with Crippen LogP contribution in [0.2, 0.25) is 10.0 Å². The van der Waals surface area contributed by atoms with Crippen molar-refractivity contribution in [1.29, 1.82) is 0 Å². The number of hydrogen-bond donors (Lipinski definition) is 0. The molecule has 2 aromatic carbocycles. The third kappa shape index (κ3) is 3.81. The second-order valence-corrected chi connectivity index (χ2v) is 6.72. The van der Waals surface area contributed by atoms with Gasteiger partial charge < -0.3 is 8.92 Å². The van der Waals surface area contributed by atoms with Gasteiger partial charge in [-0.1, -0.05) is 29.3 Å². The van der Waals surface area contributed by atoms with E-state index in [1.54, 1.807) is 12.1 Å². The predicted molar refractivity (Wildman–Crippen MR) is 82.0 cm³/mol. The van der Waals surface area contributed by atoms with Crippen molar-refractivity contribution >= 4 is 33.3 Å². The molecule has 0 aliphatic rings. The Morgan fingerprint density at radius 2 is 1.57 bits per heavy atom. The summed E-state index contributed by atoms with van der Waals surface area (Å²) in [5, 5.41) is 0.418. The first-order valence-electron chi connectivity index (χ1n) is 5.87. The fourth-order valence-electron chi connectivity index (χ4n) is 1.68. The van der Waals surface area contributed by atoms with Crippen molar-refractivity contribution in [3.8, 4) is 11.5 Å². The summed E-state index contributed by atoms with van der Waals surface area (Å²) in [6.45, 7) is 1.86. The molecule has 0 heterocycles. The Morgan fingerprint density at radius 3 is 2.14 bits per heavy atom. The quantitative estimate of drug-likeness (QED) is 0.782. The van der Waals surface area contributed by atoms with Crippen LogP contribution in [0.25, 0.3) is 0 Å². The van der Waals surface area contributed by atoms with Crippen molar-refractivity contribution in [2.45, 2.75) is 11.8 Å². The van der Waals surface area contributed by atoms with Gasteiger partial charge in [0, 0.05) is 10.0 Å². The van der Waals surface area contributed by atoms with Crippen molar-refractivity contribution < 1.29 is 17.3 Å². The summed E-state index contributed by atoms with van der Waals surface area (Å²) in [6.07, 6.45) is 0. The zero-order chi connectivity index (χ0) is 15.6. The number of benzene rings is 2. The van der Waals surface area contributed by atoms with E-state index in [9.17, 15) is 8.42 Å². The summed E-state index contributed by atoms with van der Waals surface area (Å²) in [5.41, 5.74) is 0.919. The van der Waals surface area contributed by atoms with Gasteiger partial charge in [-0.2, -0.15) is 8.42 Å². The third-order valence-corrected chi connectivity index (χ3v) is 4.29. The molecule has 0 unspecified atom stereocenters. The fraction of sp³-hybridized carbons (Fsp3) is 0.143. The molecule has 0 aliphatic carbocycles. The van der Waals surface area contributed by atoms with E-state index in [1.807, 2.05) is 6.92 Å². The van der Waals surface area contributed by atoms with Crippen molar-refractivity contribution in [2.24, 2.45) is 0 Å². The zero-order valence-electron chi connectivity index (χ0n) is 11.3. The Morgan fingerprint density at radius 1 is 0.952 bits per heavy atom. The number of halogens is 2. The summed E-state index contributed by atoms with van der Waals surface area (Å²) in [4.78, 5) is -0.123. The first-order valence-corrected chi connectivity index (χ1v) is 8.03. The molecular formula is C14H12Cl2O4S. The highest BCUT2D eigenvalue weighted by molar-refractivity contribution is 7.87. The maximum Gasteiger partial charge on any atom is 0.339 e. The molecule has 112 valence electrons. The standard InChI is InChI=1S/C14H12Cl2O4S/c1-9-3-4-13(14(5-9)19-2)20-21(17,18)12-7-10(15)6-11(16)8-12/h3-8H,1-2H3. The fourth-order valence-corrected chi connectivity index (χ4v) is 3.35. The molecule has 0 N–H and O–H groups in total. The number of hydrogen-bond acceptors (Lipinski definition) is 4. The summed E-state index contributed by atoms with van der Waals surface area (Å²) < 4.78 is 34.7. The Hall–Kier alpha value is -1.43. The van der Waals surface area contributed by atoms with Crippen LogP contribution in [0.1, 0.15) is 5.56 Å². The molecule has 2 aromatic rings. The highest BCUT2D eigenvalue weighted by Crippen LogP contribution is 2.31. The molecule has 21 heavy (non-hydrogen) atoms. The largest absolute Gasteiger partial charge is 0.493 e. The van der Waals surface area contributed by atoms with Gasteiger partial charge in [0.15, 0.2) is 11.5 Å². The second kappa shape index (κ2) is 6.13. The van der Waals surface area contributed by atoms with Gasteiger partial charge in [0.2, 0.25) is 0 Å². The molecule has 0 amide bonds. The van der Waals surface area contributed by atoms with E-state index in [-0.39, 0.29) is 20.7 Å². The molecule has 7 heteroatoms. The predicted octanol–water partition coefficient (Wildman–Crippen LogP) is 4.08. The Labute approximate surface area is 133 Å². The lowest BCUT2D eigenvalue weighted by molar-refractivity contribution is 0.390. The molecule has 0 fully saturated rings. The molecular weight excluding hydrogens is 335 g/mol. The van der Waals surface area contributed by atoms with Crippen LogP contribution in [-0.4, -0.2) is 15.5 Å². The molecule has 0 bridgehead atoms. The van der Waals surface area contributed by atoms with Crippen LogP contribution in [0.5, 0.6) is 11.5 Å². The molecule has 0 radical (unpaired) electrons. The smallest absolute Gasteiger partial charge is 0.339 e. The van der Waals surface area contributed by atoms with E-state index in [0.717, 1.165) is 5.56 Å². The van der Waals surface area contributed by atoms with Crippen molar-refractivity contribution in [2.75, 3.05) is 7.11 Å². The molecule has 0 spiro atoms. The summed E-state index contributed by atoms with van der Waals surface area (Å²) in [6, 6.07) is 8.90. The van der Waals surface area contributed by atoms with E-state index in [1.165, 1.54) is 31.4 Å². The molecule has 0 aliphatic heterocycles. The van der Waals surface area contributed by atoms with Gasteiger partial charge in [0.05, 0.1) is 7.11 Å². The van der Waals surface area contributed by atoms with Crippen LogP contribution in [0, 0.1) is 6.92 Å².